The van der Waals surface area contributed by atoms with Crippen molar-refractivity contribution in [1.29, 1.82) is 5.26 Å². The van der Waals surface area contributed by atoms with Crippen LogP contribution in [0.2, 0.25) is 10.0 Å². The molecule has 0 aliphatic carbocycles. The highest BCUT2D eigenvalue weighted by molar-refractivity contribution is 7.13. The van der Waals surface area contributed by atoms with Crippen LogP contribution in [-0.4, -0.2) is 4.98 Å². The zero-order valence-corrected chi connectivity index (χ0v) is 13.4. The average molecular weight is 347 g/mol. The van der Waals surface area contributed by atoms with Gasteiger partial charge in [-0.25, -0.2) is 0 Å². The number of nitriles is 1. The molecule has 22 heavy (non-hydrogen) atoms. The SMILES string of the molecule is N#Cc1c(-c2cccs2)cc(-c2ccc(Cl)c(Cl)c2)[nH]c1=O. The minimum Gasteiger partial charge on any atom is -0.321 e. The number of thiophene rings is 1. The Morgan fingerprint density at radius 3 is 2.59 bits per heavy atom. The van der Waals surface area contributed by atoms with Gasteiger partial charge in [-0.05, 0) is 35.2 Å². The van der Waals surface area contributed by atoms with Gasteiger partial charge in [-0.3, -0.25) is 4.79 Å². The van der Waals surface area contributed by atoms with Crippen molar-refractivity contribution in [3.63, 3.8) is 0 Å². The number of rotatable bonds is 2. The number of pyridine rings is 1. The molecule has 2 heterocycles. The average Bonchev–Trinajstić information content (AvgIpc) is 3.03. The van der Waals surface area contributed by atoms with E-state index < -0.39 is 5.56 Å². The lowest BCUT2D eigenvalue weighted by molar-refractivity contribution is 1.22. The van der Waals surface area contributed by atoms with E-state index >= 15 is 0 Å². The van der Waals surface area contributed by atoms with E-state index in [0.717, 1.165) is 10.4 Å². The fourth-order valence-electron chi connectivity index (χ4n) is 2.12. The summed E-state index contributed by atoms with van der Waals surface area (Å²) in [4.78, 5) is 15.8. The quantitative estimate of drug-likeness (QED) is 0.713. The van der Waals surface area contributed by atoms with E-state index in [1.54, 1.807) is 24.3 Å². The van der Waals surface area contributed by atoms with Crippen molar-refractivity contribution in [3.8, 4) is 27.8 Å². The van der Waals surface area contributed by atoms with Gasteiger partial charge in [0.25, 0.3) is 5.56 Å². The molecular formula is C16H8Cl2N2OS. The van der Waals surface area contributed by atoms with Crippen LogP contribution >= 0.6 is 34.5 Å². The second-order valence-corrected chi connectivity index (χ2v) is 6.28. The van der Waals surface area contributed by atoms with Gasteiger partial charge in [0.05, 0.1) is 10.0 Å². The van der Waals surface area contributed by atoms with Crippen molar-refractivity contribution < 1.29 is 0 Å². The van der Waals surface area contributed by atoms with Crippen LogP contribution in [0.4, 0.5) is 0 Å². The van der Waals surface area contributed by atoms with Gasteiger partial charge >= 0.3 is 0 Å². The molecule has 2 aromatic heterocycles. The second kappa shape index (κ2) is 5.98. The van der Waals surface area contributed by atoms with Crippen molar-refractivity contribution in [1.82, 2.24) is 4.98 Å². The maximum absolute atomic E-state index is 12.2. The standard InChI is InChI=1S/C16H8Cl2N2OS/c17-12-4-3-9(6-13(12)18)14-7-10(15-2-1-5-22-15)11(8-19)16(21)20-14/h1-7H,(H,20,21). The van der Waals surface area contributed by atoms with Gasteiger partial charge in [0, 0.05) is 16.1 Å². The Hall–Kier alpha value is -2.06. The maximum atomic E-state index is 12.2. The van der Waals surface area contributed by atoms with Gasteiger partial charge in [0.1, 0.15) is 11.6 Å². The summed E-state index contributed by atoms with van der Waals surface area (Å²) in [5.74, 6) is 0. The van der Waals surface area contributed by atoms with Crippen LogP contribution in [0.25, 0.3) is 21.7 Å². The van der Waals surface area contributed by atoms with Crippen molar-refractivity contribution >= 4 is 34.5 Å². The van der Waals surface area contributed by atoms with Crippen LogP contribution in [-0.2, 0) is 0 Å². The number of halogens is 2. The molecular weight excluding hydrogens is 339 g/mol. The van der Waals surface area contributed by atoms with Crippen LogP contribution in [0.1, 0.15) is 5.56 Å². The van der Waals surface area contributed by atoms with Gasteiger partial charge in [-0.15, -0.1) is 11.3 Å². The van der Waals surface area contributed by atoms with Crippen LogP contribution in [0.15, 0.2) is 46.6 Å². The largest absolute Gasteiger partial charge is 0.321 e. The predicted octanol–water partition coefficient (Wildman–Crippen LogP) is 4.95. The molecule has 0 bridgehead atoms. The Balaban J connectivity index is 2.24. The monoisotopic (exact) mass is 346 g/mol. The molecule has 3 nitrogen and oxygen atoms in total. The van der Waals surface area contributed by atoms with E-state index in [4.69, 9.17) is 23.2 Å². The Morgan fingerprint density at radius 1 is 1.14 bits per heavy atom. The number of aromatic amines is 1. The third-order valence-electron chi connectivity index (χ3n) is 3.16. The molecule has 0 saturated carbocycles. The first-order valence-corrected chi connectivity index (χ1v) is 7.90. The molecule has 0 spiro atoms. The van der Waals surface area contributed by atoms with E-state index in [9.17, 15) is 10.1 Å². The summed E-state index contributed by atoms with van der Waals surface area (Å²) in [6, 6.07) is 12.6. The number of hydrogen-bond donors (Lipinski definition) is 1. The Bertz CT molecular complexity index is 940. The highest BCUT2D eigenvalue weighted by Crippen LogP contribution is 2.31. The predicted molar refractivity (Wildman–Crippen MR) is 90.5 cm³/mol. The van der Waals surface area contributed by atoms with Crippen molar-refractivity contribution in [2.45, 2.75) is 0 Å². The van der Waals surface area contributed by atoms with E-state index in [0.29, 0.717) is 21.3 Å². The van der Waals surface area contributed by atoms with E-state index in [1.165, 1.54) is 11.3 Å². The Labute approximate surface area is 140 Å². The third-order valence-corrected chi connectivity index (χ3v) is 4.80. The van der Waals surface area contributed by atoms with E-state index in [1.807, 2.05) is 23.6 Å². The fourth-order valence-corrected chi connectivity index (χ4v) is 3.16. The number of nitrogens with one attached hydrogen (secondary N) is 1. The molecule has 108 valence electrons. The summed E-state index contributed by atoms with van der Waals surface area (Å²) >= 11 is 13.4. The molecule has 3 rings (SSSR count). The van der Waals surface area contributed by atoms with Crippen LogP contribution < -0.4 is 5.56 Å². The molecule has 0 saturated heterocycles. The van der Waals surface area contributed by atoms with Crippen molar-refractivity contribution in [2.24, 2.45) is 0 Å². The molecule has 0 radical (unpaired) electrons. The van der Waals surface area contributed by atoms with Crippen molar-refractivity contribution in [2.75, 3.05) is 0 Å². The normalized spacial score (nSPS) is 10.4. The molecule has 1 N–H and O–H groups in total. The molecule has 0 atom stereocenters. The fraction of sp³-hybridized carbons (Fsp3) is 0. The number of nitrogens with zero attached hydrogens (tertiary/aromatic N) is 1. The molecule has 0 amide bonds. The van der Waals surface area contributed by atoms with Gasteiger partial charge in [0.2, 0.25) is 0 Å². The number of aromatic nitrogens is 1. The summed E-state index contributed by atoms with van der Waals surface area (Å²) in [7, 11) is 0. The highest BCUT2D eigenvalue weighted by atomic mass is 35.5. The zero-order chi connectivity index (χ0) is 15.7. The molecule has 0 unspecified atom stereocenters. The summed E-state index contributed by atoms with van der Waals surface area (Å²) < 4.78 is 0. The first-order chi connectivity index (χ1) is 10.6. The summed E-state index contributed by atoms with van der Waals surface area (Å²) in [6.45, 7) is 0. The first-order valence-electron chi connectivity index (χ1n) is 6.27. The molecule has 1 aromatic carbocycles. The number of hydrogen-bond acceptors (Lipinski definition) is 3. The molecule has 0 fully saturated rings. The van der Waals surface area contributed by atoms with Crippen LogP contribution in [0, 0.1) is 11.3 Å². The van der Waals surface area contributed by atoms with Gasteiger partial charge < -0.3 is 4.98 Å². The summed E-state index contributed by atoms with van der Waals surface area (Å²) in [5, 5.41) is 12.0. The van der Waals surface area contributed by atoms with Gasteiger partial charge in [0.15, 0.2) is 0 Å². The highest BCUT2D eigenvalue weighted by Gasteiger charge is 2.13. The number of benzene rings is 1. The molecule has 6 heteroatoms. The number of H-pyrrole nitrogens is 1. The summed E-state index contributed by atoms with van der Waals surface area (Å²) in [5.41, 5.74) is 1.61. The molecule has 0 aliphatic heterocycles. The van der Waals surface area contributed by atoms with E-state index in [-0.39, 0.29) is 5.56 Å². The maximum Gasteiger partial charge on any atom is 0.267 e. The molecule has 3 aromatic rings. The van der Waals surface area contributed by atoms with Crippen LogP contribution in [0.3, 0.4) is 0 Å². The smallest absolute Gasteiger partial charge is 0.267 e. The summed E-state index contributed by atoms with van der Waals surface area (Å²) in [6.07, 6.45) is 0. The lowest BCUT2D eigenvalue weighted by Gasteiger charge is -2.07. The topological polar surface area (TPSA) is 56.6 Å². The lowest BCUT2D eigenvalue weighted by Crippen LogP contribution is -2.12. The van der Waals surface area contributed by atoms with Gasteiger partial charge in [-0.1, -0.05) is 35.3 Å². The van der Waals surface area contributed by atoms with Crippen molar-refractivity contribution in [3.05, 3.63) is 67.7 Å². The second-order valence-electron chi connectivity index (χ2n) is 4.52. The first kappa shape index (κ1) is 14.9. The van der Waals surface area contributed by atoms with E-state index in [2.05, 4.69) is 4.98 Å². The molecule has 0 aliphatic rings. The van der Waals surface area contributed by atoms with Crippen LogP contribution in [0.5, 0.6) is 0 Å². The zero-order valence-electron chi connectivity index (χ0n) is 11.1. The Kier molecular flexibility index (Phi) is 4.04. The lowest BCUT2D eigenvalue weighted by atomic mass is 10.0. The third kappa shape index (κ3) is 2.67. The van der Waals surface area contributed by atoms with Gasteiger partial charge in [-0.2, -0.15) is 5.26 Å². The Morgan fingerprint density at radius 2 is 1.95 bits per heavy atom. The minimum atomic E-state index is -0.422. The minimum absolute atomic E-state index is 0.103.